The number of carbonyl (C=O) groups excluding carboxylic acids is 2. The summed E-state index contributed by atoms with van der Waals surface area (Å²) in [5, 5.41) is 23.0. The van der Waals surface area contributed by atoms with E-state index in [0.29, 0.717) is 19.4 Å². The van der Waals surface area contributed by atoms with Crippen LogP contribution in [0.5, 0.6) is 0 Å². The smallest absolute Gasteiger partial charge is 0.305 e. The fourth-order valence-corrected chi connectivity index (χ4v) is 9.16. The molecule has 0 aromatic carbocycles. The highest BCUT2D eigenvalue weighted by atomic mass is 16.5. The molecule has 2 atom stereocenters. The maximum atomic E-state index is 12.4. The number of hydrogen-bond donors (Lipinski definition) is 3. The number of esters is 1. The van der Waals surface area contributed by atoms with Crippen LogP contribution < -0.4 is 5.32 Å². The summed E-state index contributed by atoms with van der Waals surface area (Å²) in [5.41, 5.74) is 0. The summed E-state index contributed by atoms with van der Waals surface area (Å²) in [6, 6.07) is -0.626. The van der Waals surface area contributed by atoms with Gasteiger partial charge in [0.1, 0.15) is 0 Å². The fraction of sp³-hybridized carbons (Fsp3) is 0.900. The van der Waals surface area contributed by atoms with Gasteiger partial charge < -0.3 is 20.3 Å². The van der Waals surface area contributed by atoms with Gasteiger partial charge in [0.2, 0.25) is 5.91 Å². The Morgan fingerprint density at radius 1 is 0.409 bits per heavy atom. The zero-order valence-electron chi connectivity index (χ0n) is 44.4. The van der Waals surface area contributed by atoms with E-state index >= 15 is 0 Å². The summed E-state index contributed by atoms with van der Waals surface area (Å²) in [5.74, 6) is -0.0634. The highest BCUT2D eigenvalue weighted by Gasteiger charge is 2.18. The van der Waals surface area contributed by atoms with Crippen LogP contribution in [0.2, 0.25) is 0 Å². The lowest BCUT2D eigenvalue weighted by atomic mass is 10.0. The molecular formula is C60H115NO5. The van der Waals surface area contributed by atoms with Crippen LogP contribution in [-0.2, 0) is 14.3 Å². The minimum Gasteiger partial charge on any atom is -0.466 e. The first-order valence-corrected chi connectivity index (χ1v) is 29.6. The molecule has 390 valence electrons. The van der Waals surface area contributed by atoms with Crippen LogP contribution in [0.3, 0.4) is 0 Å². The van der Waals surface area contributed by atoms with Crippen molar-refractivity contribution in [3.63, 3.8) is 0 Å². The number of allylic oxidation sites excluding steroid dienone is 3. The number of amides is 1. The number of rotatable bonds is 55. The second-order valence-electron chi connectivity index (χ2n) is 20.3. The van der Waals surface area contributed by atoms with Crippen LogP contribution in [0.25, 0.3) is 0 Å². The van der Waals surface area contributed by atoms with Crippen molar-refractivity contribution in [1.82, 2.24) is 5.32 Å². The fourth-order valence-electron chi connectivity index (χ4n) is 9.16. The molecule has 0 saturated heterocycles. The third kappa shape index (κ3) is 51.7. The Hall–Kier alpha value is -1.66. The number of hydrogen-bond acceptors (Lipinski definition) is 5. The van der Waals surface area contributed by atoms with Crippen LogP contribution >= 0.6 is 0 Å². The lowest BCUT2D eigenvalue weighted by molar-refractivity contribution is -0.143. The van der Waals surface area contributed by atoms with Crippen molar-refractivity contribution >= 4 is 11.9 Å². The standard InChI is InChI=1S/C60H115NO5/c1-3-5-7-9-11-13-15-17-26-30-34-38-42-46-50-54-60(65)66-55-51-47-43-39-35-31-28-25-23-21-19-18-20-22-24-27-29-33-37-41-45-49-53-59(64)61-57(56-62)58(63)52-48-44-40-36-32-16-14-12-10-8-6-4-2/h17,26,48,52,57-58,62-63H,3-16,18-25,27-47,49-51,53-56H2,1-2H3,(H,61,64)/b26-17-,52-48+. The van der Waals surface area contributed by atoms with Gasteiger partial charge in [-0.1, -0.05) is 276 Å². The van der Waals surface area contributed by atoms with Gasteiger partial charge in [-0.15, -0.1) is 0 Å². The summed E-state index contributed by atoms with van der Waals surface area (Å²) < 4.78 is 5.48. The molecule has 0 radical (unpaired) electrons. The minimum atomic E-state index is -0.843. The van der Waals surface area contributed by atoms with E-state index in [0.717, 1.165) is 44.9 Å². The van der Waals surface area contributed by atoms with E-state index in [1.807, 2.05) is 6.08 Å². The second-order valence-corrected chi connectivity index (χ2v) is 20.3. The van der Waals surface area contributed by atoms with Crippen LogP contribution in [0.15, 0.2) is 24.3 Å². The topological polar surface area (TPSA) is 95.9 Å². The minimum absolute atomic E-state index is 0.00482. The molecule has 0 heterocycles. The molecule has 0 rings (SSSR count). The van der Waals surface area contributed by atoms with Crippen LogP contribution in [0, 0.1) is 0 Å². The lowest BCUT2D eigenvalue weighted by Gasteiger charge is -2.20. The number of nitrogens with one attached hydrogen (secondary N) is 1. The zero-order valence-corrected chi connectivity index (χ0v) is 44.4. The van der Waals surface area contributed by atoms with Gasteiger partial charge >= 0.3 is 5.97 Å². The zero-order chi connectivity index (χ0) is 47.9. The van der Waals surface area contributed by atoms with E-state index in [1.54, 1.807) is 6.08 Å². The molecule has 6 nitrogen and oxygen atoms in total. The summed E-state index contributed by atoms with van der Waals surface area (Å²) in [6.45, 7) is 4.90. The SMILES string of the molecule is CCCCCCCC/C=C\CCCCCCCC(=O)OCCCCCCCCCCCCCCCCCCCCCCCCC(=O)NC(CO)C(O)/C=C/CCCCCCCCCCCC. The first-order valence-electron chi connectivity index (χ1n) is 29.6. The van der Waals surface area contributed by atoms with Crippen molar-refractivity contribution < 1.29 is 24.5 Å². The van der Waals surface area contributed by atoms with Gasteiger partial charge in [-0.3, -0.25) is 9.59 Å². The number of aliphatic hydroxyl groups excluding tert-OH is 2. The van der Waals surface area contributed by atoms with Gasteiger partial charge in [-0.05, 0) is 57.8 Å². The number of aliphatic hydroxyl groups is 2. The van der Waals surface area contributed by atoms with E-state index < -0.39 is 12.1 Å². The number of unbranched alkanes of at least 4 members (excludes halogenated alkanes) is 42. The van der Waals surface area contributed by atoms with Gasteiger partial charge in [-0.2, -0.15) is 0 Å². The molecule has 6 heteroatoms. The van der Waals surface area contributed by atoms with E-state index in [9.17, 15) is 19.8 Å². The predicted molar refractivity (Wildman–Crippen MR) is 287 cm³/mol. The molecule has 0 saturated carbocycles. The molecule has 0 aromatic heterocycles. The Kier molecular flexibility index (Phi) is 54.5. The molecule has 2 unspecified atom stereocenters. The molecule has 1 amide bonds. The molecule has 0 aromatic rings. The van der Waals surface area contributed by atoms with E-state index in [-0.39, 0.29) is 18.5 Å². The summed E-state index contributed by atoms with van der Waals surface area (Å²) >= 11 is 0. The summed E-state index contributed by atoms with van der Waals surface area (Å²) in [7, 11) is 0. The number of ether oxygens (including phenoxy) is 1. The molecule has 0 bridgehead atoms. The van der Waals surface area contributed by atoms with Crippen molar-refractivity contribution in [2.24, 2.45) is 0 Å². The monoisotopic (exact) mass is 930 g/mol. The maximum absolute atomic E-state index is 12.4. The summed E-state index contributed by atoms with van der Waals surface area (Å²) in [4.78, 5) is 24.5. The first kappa shape index (κ1) is 64.3. The van der Waals surface area contributed by atoms with E-state index in [4.69, 9.17) is 4.74 Å². The molecular weight excluding hydrogens is 815 g/mol. The molecule has 3 N–H and O–H groups in total. The quantitative estimate of drug-likeness (QED) is 0.0321. The second kappa shape index (κ2) is 55.9. The van der Waals surface area contributed by atoms with Gasteiger partial charge in [0.05, 0.1) is 25.4 Å². The lowest BCUT2D eigenvalue weighted by Crippen LogP contribution is -2.45. The molecule has 0 aliphatic heterocycles. The van der Waals surface area contributed by atoms with Crippen LogP contribution in [0.4, 0.5) is 0 Å². The van der Waals surface area contributed by atoms with Crippen molar-refractivity contribution in [3.05, 3.63) is 24.3 Å². The Bertz CT molecular complexity index is 1030. The van der Waals surface area contributed by atoms with E-state index in [2.05, 4.69) is 31.3 Å². The van der Waals surface area contributed by atoms with Crippen LogP contribution in [0.1, 0.15) is 322 Å². The van der Waals surface area contributed by atoms with E-state index in [1.165, 1.54) is 250 Å². The third-order valence-corrected chi connectivity index (χ3v) is 13.7. The highest BCUT2D eigenvalue weighted by Crippen LogP contribution is 2.17. The summed E-state index contributed by atoms with van der Waals surface area (Å²) in [6.07, 6.45) is 67.8. The van der Waals surface area contributed by atoms with Crippen molar-refractivity contribution in [3.8, 4) is 0 Å². The molecule has 0 aliphatic rings. The molecule has 66 heavy (non-hydrogen) atoms. The van der Waals surface area contributed by atoms with Crippen molar-refractivity contribution in [2.45, 2.75) is 334 Å². The Morgan fingerprint density at radius 2 is 0.712 bits per heavy atom. The first-order chi connectivity index (χ1) is 32.5. The highest BCUT2D eigenvalue weighted by molar-refractivity contribution is 5.76. The van der Waals surface area contributed by atoms with Gasteiger partial charge in [0.15, 0.2) is 0 Å². The predicted octanol–water partition coefficient (Wildman–Crippen LogP) is 18.2. The third-order valence-electron chi connectivity index (χ3n) is 13.7. The maximum Gasteiger partial charge on any atom is 0.305 e. The van der Waals surface area contributed by atoms with Gasteiger partial charge in [-0.25, -0.2) is 0 Å². The Labute approximate surface area is 411 Å². The average molecular weight is 931 g/mol. The van der Waals surface area contributed by atoms with Gasteiger partial charge in [0, 0.05) is 12.8 Å². The van der Waals surface area contributed by atoms with Crippen molar-refractivity contribution in [2.75, 3.05) is 13.2 Å². The van der Waals surface area contributed by atoms with Crippen LogP contribution in [-0.4, -0.2) is 47.4 Å². The van der Waals surface area contributed by atoms with Gasteiger partial charge in [0.25, 0.3) is 0 Å². The largest absolute Gasteiger partial charge is 0.466 e. The molecule has 0 spiro atoms. The average Bonchev–Trinajstić information content (AvgIpc) is 3.32. The Balaban J connectivity index is 3.38. The molecule has 0 fully saturated rings. The number of carbonyl (C=O) groups is 2. The Morgan fingerprint density at radius 3 is 1.08 bits per heavy atom. The van der Waals surface area contributed by atoms with Crippen molar-refractivity contribution in [1.29, 1.82) is 0 Å². The normalized spacial score (nSPS) is 12.7. The molecule has 0 aliphatic carbocycles.